The van der Waals surface area contributed by atoms with E-state index in [2.05, 4.69) is 54.6 Å². The topological polar surface area (TPSA) is 91.5 Å². The molecule has 0 N–H and O–H groups in total. The molecule has 3 aromatic heterocycles. The molecule has 3 aromatic carbocycles. The summed E-state index contributed by atoms with van der Waals surface area (Å²) in [4.78, 5) is 8.19. The van der Waals surface area contributed by atoms with Gasteiger partial charge in [-0.1, -0.05) is 23.6 Å². The van der Waals surface area contributed by atoms with Crippen LogP contribution < -0.4 is 4.74 Å². The van der Waals surface area contributed by atoms with Gasteiger partial charge in [-0.25, -0.2) is 21.1 Å². The van der Waals surface area contributed by atoms with Gasteiger partial charge >= 0.3 is 27.1 Å². The second kappa shape index (κ2) is 8.84. The molecule has 6 rings (SSSR count). The molecule has 3 heterocycles. The Morgan fingerprint density at radius 1 is 0.727 bits per heavy atom. The van der Waals surface area contributed by atoms with Gasteiger partial charge in [0.25, 0.3) is 5.95 Å². The quantitative estimate of drug-likeness (QED) is 0.276. The SMILES string of the molecule is [Pt+2].[c-]1c(Oc2ncccn2)cccc1-c1[c-]c2c(cc1)c1ccccc1n2-c1nncnn1. The van der Waals surface area contributed by atoms with E-state index >= 15 is 0 Å². The molecule has 0 unspecified atom stereocenters. The van der Waals surface area contributed by atoms with Crippen LogP contribution >= 0.6 is 0 Å². The molecule has 0 bridgehead atoms. The molecule has 0 saturated heterocycles. The third-order valence-corrected chi connectivity index (χ3v) is 4.98. The van der Waals surface area contributed by atoms with Crippen LogP contribution in [0.1, 0.15) is 0 Å². The van der Waals surface area contributed by atoms with Crippen LogP contribution in [0.2, 0.25) is 0 Å². The number of ether oxygens (including phenoxy) is 1. The van der Waals surface area contributed by atoms with Crippen molar-refractivity contribution in [2.75, 3.05) is 0 Å². The summed E-state index contributed by atoms with van der Waals surface area (Å²) in [5, 5.41) is 18.2. The second-order valence-corrected chi connectivity index (χ2v) is 6.90. The summed E-state index contributed by atoms with van der Waals surface area (Å²) in [5.74, 6) is 0.900. The first-order chi connectivity index (χ1) is 15.9. The first-order valence-corrected chi connectivity index (χ1v) is 9.81. The molecule has 0 spiro atoms. The molecular weight excluding hydrogens is 597 g/mol. The van der Waals surface area contributed by atoms with E-state index in [1.807, 2.05) is 47.0 Å². The van der Waals surface area contributed by atoms with E-state index in [0.717, 1.165) is 32.9 Å². The second-order valence-electron chi connectivity index (χ2n) is 6.90. The van der Waals surface area contributed by atoms with Crippen LogP contribution in [0.4, 0.5) is 0 Å². The summed E-state index contributed by atoms with van der Waals surface area (Å²) in [7, 11) is 0. The molecule has 0 aliphatic rings. The molecule has 8 nitrogen and oxygen atoms in total. The molecule has 9 heteroatoms. The van der Waals surface area contributed by atoms with Gasteiger partial charge in [-0.15, -0.1) is 38.6 Å². The molecule has 0 atom stereocenters. The van der Waals surface area contributed by atoms with Gasteiger partial charge in [0, 0.05) is 23.7 Å². The Bertz CT molecular complexity index is 1560. The van der Waals surface area contributed by atoms with E-state index in [0.29, 0.717) is 11.7 Å². The standard InChI is InChI=1S/C24H13N7O.Pt/c1-2-8-21-19(7-1)20-10-9-17(14-22(20)31(21)23-29-27-15-28-30-23)16-5-3-6-18(13-16)32-24-25-11-4-12-26-24;/h1-12,15H;/q-2;+2. The smallest absolute Gasteiger partial charge is 0.446 e. The van der Waals surface area contributed by atoms with Crippen LogP contribution in [-0.4, -0.2) is 34.9 Å². The van der Waals surface area contributed by atoms with Crippen LogP contribution in [0.5, 0.6) is 11.8 Å². The number of hydrogen-bond donors (Lipinski definition) is 0. The Morgan fingerprint density at radius 3 is 2.36 bits per heavy atom. The molecular formula is C24H13N7OPt. The fraction of sp³-hybridized carbons (Fsp3) is 0. The minimum Gasteiger partial charge on any atom is -0.446 e. The molecule has 0 radical (unpaired) electrons. The maximum absolute atomic E-state index is 5.74. The van der Waals surface area contributed by atoms with E-state index in [1.165, 1.54) is 6.33 Å². The predicted molar refractivity (Wildman–Crippen MR) is 117 cm³/mol. The van der Waals surface area contributed by atoms with Crippen molar-refractivity contribution in [3.05, 3.63) is 91.5 Å². The summed E-state index contributed by atoms with van der Waals surface area (Å²) in [6, 6.07) is 26.5. The Labute approximate surface area is 202 Å². The van der Waals surface area contributed by atoms with Gasteiger partial charge in [-0.3, -0.25) is 4.57 Å². The first kappa shape index (κ1) is 20.8. The molecule has 0 fully saturated rings. The van der Waals surface area contributed by atoms with Gasteiger partial charge in [0.1, 0.15) is 0 Å². The van der Waals surface area contributed by atoms with Crippen molar-refractivity contribution in [3.63, 3.8) is 0 Å². The number of para-hydroxylation sites is 1. The molecule has 0 aliphatic heterocycles. The van der Waals surface area contributed by atoms with Gasteiger partial charge < -0.3 is 4.74 Å². The van der Waals surface area contributed by atoms with E-state index in [1.54, 1.807) is 18.5 Å². The Balaban J connectivity index is 0.00000228. The maximum Gasteiger partial charge on any atom is 2.00 e. The number of benzene rings is 3. The average Bonchev–Trinajstić information content (AvgIpc) is 3.19. The summed E-state index contributed by atoms with van der Waals surface area (Å²) in [5.41, 5.74) is 3.44. The zero-order valence-corrected chi connectivity index (χ0v) is 19.1. The van der Waals surface area contributed by atoms with Crippen LogP contribution in [0.25, 0.3) is 38.9 Å². The normalized spacial score (nSPS) is 10.8. The van der Waals surface area contributed by atoms with Crippen molar-refractivity contribution in [1.82, 2.24) is 34.9 Å². The Hall–Kier alpha value is -4.03. The molecule has 160 valence electrons. The zero-order valence-electron chi connectivity index (χ0n) is 16.9. The van der Waals surface area contributed by atoms with E-state index in [4.69, 9.17) is 4.74 Å². The maximum atomic E-state index is 5.74. The number of aromatic nitrogens is 7. The fourth-order valence-corrected chi connectivity index (χ4v) is 3.65. The summed E-state index contributed by atoms with van der Waals surface area (Å²) in [6.07, 6.45) is 4.56. The zero-order chi connectivity index (χ0) is 21.3. The van der Waals surface area contributed by atoms with Crippen molar-refractivity contribution in [1.29, 1.82) is 0 Å². The van der Waals surface area contributed by atoms with Crippen LogP contribution in [0, 0.1) is 12.1 Å². The summed E-state index contributed by atoms with van der Waals surface area (Å²) < 4.78 is 7.64. The Kier molecular flexibility index (Phi) is 5.58. The minimum atomic E-state index is 0. The molecule has 0 saturated carbocycles. The van der Waals surface area contributed by atoms with Crippen LogP contribution in [0.15, 0.2) is 79.4 Å². The molecule has 0 aliphatic carbocycles. The number of fused-ring (bicyclic) bond motifs is 3. The van der Waals surface area contributed by atoms with Gasteiger partial charge in [0.2, 0.25) is 0 Å². The van der Waals surface area contributed by atoms with Gasteiger partial charge in [0.15, 0.2) is 6.33 Å². The van der Waals surface area contributed by atoms with Crippen molar-refractivity contribution in [2.45, 2.75) is 0 Å². The summed E-state index contributed by atoms with van der Waals surface area (Å²) in [6.45, 7) is 0. The average molecular weight is 610 g/mol. The van der Waals surface area contributed by atoms with Crippen LogP contribution in [0.3, 0.4) is 0 Å². The van der Waals surface area contributed by atoms with Gasteiger partial charge in [-0.2, -0.15) is 24.3 Å². The van der Waals surface area contributed by atoms with Crippen molar-refractivity contribution >= 4 is 21.8 Å². The molecule has 0 amide bonds. The third kappa shape index (κ3) is 3.85. The van der Waals surface area contributed by atoms with Crippen molar-refractivity contribution in [3.8, 4) is 28.8 Å². The number of hydrogen-bond acceptors (Lipinski definition) is 7. The van der Waals surface area contributed by atoms with E-state index in [9.17, 15) is 0 Å². The van der Waals surface area contributed by atoms with E-state index in [-0.39, 0.29) is 27.1 Å². The predicted octanol–water partition coefficient (Wildman–Crippen LogP) is 4.21. The van der Waals surface area contributed by atoms with Crippen molar-refractivity contribution in [2.24, 2.45) is 0 Å². The van der Waals surface area contributed by atoms with E-state index < -0.39 is 0 Å². The van der Waals surface area contributed by atoms with Crippen LogP contribution in [-0.2, 0) is 21.1 Å². The minimum absolute atomic E-state index is 0. The largest absolute Gasteiger partial charge is 2.00 e. The molecule has 6 aromatic rings. The Morgan fingerprint density at radius 2 is 1.52 bits per heavy atom. The summed E-state index contributed by atoms with van der Waals surface area (Å²) >= 11 is 0. The number of nitrogens with zero attached hydrogens (tertiary/aromatic N) is 7. The fourth-order valence-electron chi connectivity index (χ4n) is 3.65. The monoisotopic (exact) mass is 610 g/mol. The van der Waals surface area contributed by atoms with Gasteiger partial charge in [0.05, 0.1) is 0 Å². The third-order valence-electron chi connectivity index (χ3n) is 4.98. The number of rotatable bonds is 4. The van der Waals surface area contributed by atoms with Gasteiger partial charge in [-0.05, 0) is 23.0 Å². The van der Waals surface area contributed by atoms with Crippen molar-refractivity contribution < 1.29 is 25.8 Å². The molecule has 33 heavy (non-hydrogen) atoms. The first-order valence-electron chi connectivity index (χ1n) is 9.81.